The summed E-state index contributed by atoms with van der Waals surface area (Å²) in [6, 6.07) is 7.15. The summed E-state index contributed by atoms with van der Waals surface area (Å²) < 4.78 is 4.62. The summed E-state index contributed by atoms with van der Waals surface area (Å²) >= 11 is 0. The molecule has 1 rings (SSSR count). The number of carboxylic acids is 1. The van der Waals surface area contributed by atoms with Gasteiger partial charge in [-0.2, -0.15) is 0 Å². The third-order valence-electron chi connectivity index (χ3n) is 2.01. The number of ether oxygens (including phenoxy) is 1. The number of rotatable bonds is 3. The lowest BCUT2D eigenvalue weighted by molar-refractivity contribution is -0.145. The smallest absolute Gasteiger partial charge is 0.412 e. The van der Waals surface area contributed by atoms with Crippen molar-refractivity contribution >= 4 is 17.7 Å². The molecule has 16 heavy (non-hydrogen) atoms. The molecule has 1 atom stereocenters. The Labute approximate surface area is 93.0 Å². The van der Waals surface area contributed by atoms with Crippen LogP contribution in [0.4, 0.5) is 10.5 Å². The Bertz CT molecular complexity index is 403. The minimum atomic E-state index is -1.18. The van der Waals surface area contributed by atoms with Crippen molar-refractivity contribution in [1.29, 1.82) is 0 Å². The van der Waals surface area contributed by atoms with Gasteiger partial charge in [-0.25, -0.2) is 9.59 Å². The quantitative estimate of drug-likeness (QED) is 0.821. The fourth-order valence-electron chi connectivity index (χ4n) is 1.06. The number of benzene rings is 1. The first-order valence-electron chi connectivity index (χ1n) is 4.77. The van der Waals surface area contributed by atoms with Gasteiger partial charge in [0.15, 0.2) is 6.10 Å². The first-order valence-corrected chi connectivity index (χ1v) is 4.77. The van der Waals surface area contributed by atoms with Gasteiger partial charge < -0.3 is 9.84 Å². The number of carbonyl (C=O) groups excluding carboxylic acids is 1. The number of nitrogens with one attached hydrogen (secondary N) is 1. The average molecular weight is 223 g/mol. The third kappa shape index (κ3) is 3.27. The van der Waals surface area contributed by atoms with Crippen LogP contribution in [0.15, 0.2) is 24.3 Å². The van der Waals surface area contributed by atoms with Crippen molar-refractivity contribution in [2.24, 2.45) is 0 Å². The van der Waals surface area contributed by atoms with Crippen LogP contribution in [0.1, 0.15) is 12.5 Å². The van der Waals surface area contributed by atoms with Crippen molar-refractivity contribution in [3.8, 4) is 0 Å². The molecular weight excluding hydrogens is 210 g/mol. The Kier molecular flexibility index (Phi) is 3.88. The van der Waals surface area contributed by atoms with E-state index in [2.05, 4.69) is 10.1 Å². The molecule has 1 aromatic rings. The molecule has 5 nitrogen and oxygen atoms in total. The fraction of sp³-hybridized carbons (Fsp3) is 0.273. The number of carbonyl (C=O) groups is 2. The second-order valence-electron chi connectivity index (χ2n) is 3.33. The number of aryl methyl sites for hydroxylation is 1. The van der Waals surface area contributed by atoms with Crippen molar-refractivity contribution in [3.05, 3.63) is 29.8 Å². The van der Waals surface area contributed by atoms with Crippen molar-refractivity contribution in [2.45, 2.75) is 20.0 Å². The van der Waals surface area contributed by atoms with Gasteiger partial charge >= 0.3 is 12.1 Å². The summed E-state index contributed by atoms with van der Waals surface area (Å²) in [4.78, 5) is 21.7. The summed E-state index contributed by atoms with van der Waals surface area (Å²) in [5.41, 5.74) is 1.48. The molecule has 86 valence electrons. The summed E-state index contributed by atoms with van der Waals surface area (Å²) in [6.45, 7) is 3.12. The van der Waals surface area contributed by atoms with E-state index in [-0.39, 0.29) is 0 Å². The monoisotopic (exact) mass is 223 g/mol. The fourth-order valence-corrected chi connectivity index (χ4v) is 1.06. The topological polar surface area (TPSA) is 75.6 Å². The van der Waals surface area contributed by atoms with Gasteiger partial charge in [0, 0.05) is 5.69 Å². The lowest BCUT2D eigenvalue weighted by Crippen LogP contribution is -2.26. The summed E-state index contributed by atoms with van der Waals surface area (Å²) in [6.07, 6.45) is -1.94. The highest BCUT2D eigenvalue weighted by Gasteiger charge is 2.16. The molecule has 0 aliphatic heterocycles. The summed E-state index contributed by atoms with van der Waals surface area (Å²) in [7, 11) is 0. The van der Waals surface area contributed by atoms with Crippen molar-refractivity contribution < 1.29 is 19.4 Å². The minimum Gasteiger partial charge on any atom is -0.479 e. The van der Waals surface area contributed by atoms with Gasteiger partial charge in [0.1, 0.15) is 0 Å². The summed E-state index contributed by atoms with van der Waals surface area (Å²) in [5.74, 6) is -1.18. The molecule has 0 saturated heterocycles. The molecular formula is C11H13NO4. The zero-order valence-electron chi connectivity index (χ0n) is 9.06. The van der Waals surface area contributed by atoms with E-state index in [0.717, 1.165) is 5.56 Å². The second-order valence-corrected chi connectivity index (χ2v) is 3.33. The third-order valence-corrected chi connectivity index (χ3v) is 2.01. The number of hydrogen-bond acceptors (Lipinski definition) is 3. The van der Waals surface area contributed by atoms with Gasteiger partial charge in [0.2, 0.25) is 0 Å². The Morgan fingerprint density at radius 1 is 1.38 bits per heavy atom. The van der Waals surface area contributed by atoms with E-state index in [9.17, 15) is 9.59 Å². The molecule has 0 bridgehead atoms. The summed E-state index contributed by atoms with van der Waals surface area (Å²) in [5, 5.41) is 11.0. The predicted octanol–water partition coefficient (Wildman–Crippen LogP) is 2.02. The Morgan fingerprint density at radius 2 is 2.00 bits per heavy atom. The molecule has 0 aromatic heterocycles. The average Bonchev–Trinajstić information content (AvgIpc) is 2.21. The van der Waals surface area contributed by atoms with E-state index in [0.29, 0.717) is 5.69 Å². The molecule has 0 radical (unpaired) electrons. The lowest BCUT2D eigenvalue weighted by Gasteiger charge is -2.11. The van der Waals surface area contributed by atoms with Gasteiger partial charge in [-0.1, -0.05) is 18.2 Å². The van der Waals surface area contributed by atoms with Crippen LogP contribution in [0, 0.1) is 6.92 Å². The zero-order chi connectivity index (χ0) is 12.1. The van der Waals surface area contributed by atoms with E-state index in [1.165, 1.54) is 6.92 Å². The first kappa shape index (κ1) is 12.0. The first-order chi connectivity index (χ1) is 7.50. The molecule has 0 aliphatic rings. The van der Waals surface area contributed by atoms with Crippen LogP contribution in [0.2, 0.25) is 0 Å². The van der Waals surface area contributed by atoms with Gasteiger partial charge in [-0.05, 0) is 25.5 Å². The van der Waals surface area contributed by atoms with Crippen LogP contribution < -0.4 is 5.32 Å². The van der Waals surface area contributed by atoms with Gasteiger partial charge in [0.05, 0.1) is 0 Å². The second kappa shape index (κ2) is 5.16. The van der Waals surface area contributed by atoms with E-state index in [1.807, 2.05) is 19.1 Å². The van der Waals surface area contributed by atoms with Crippen molar-refractivity contribution in [3.63, 3.8) is 0 Å². The lowest BCUT2D eigenvalue weighted by atomic mass is 10.2. The zero-order valence-corrected chi connectivity index (χ0v) is 9.06. The molecule has 0 fully saturated rings. The maximum absolute atomic E-state index is 11.3. The van der Waals surface area contributed by atoms with Crippen LogP contribution in [0.3, 0.4) is 0 Å². The number of aliphatic carboxylic acids is 1. The number of para-hydroxylation sites is 1. The Hall–Kier alpha value is -2.04. The highest BCUT2D eigenvalue weighted by atomic mass is 16.6. The van der Waals surface area contributed by atoms with E-state index in [1.54, 1.807) is 12.1 Å². The number of anilines is 1. The van der Waals surface area contributed by atoms with Gasteiger partial charge in [-0.3, -0.25) is 5.32 Å². The Balaban J connectivity index is 2.59. The van der Waals surface area contributed by atoms with E-state index < -0.39 is 18.2 Å². The minimum absolute atomic E-state index is 0.602. The molecule has 0 aliphatic carbocycles. The highest BCUT2D eigenvalue weighted by molar-refractivity contribution is 5.87. The molecule has 1 amide bonds. The SMILES string of the molecule is Cc1ccccc1NC(=O)OC(C)C(=O)O. The number of carboxylic acid groups (broad SMARTS) is 1. The largest absolute Gasteiger partial charge is 0.479 e. The normalized spacial score (nSPS) is 11.6. The molecule has 2 N–H and O–H groups in total. The Morgan fingerprint density at radius 3 is 2.56 bits per heavy atom. The number of amides is 1. The van der Waals surface area contributed by atoms with Gasteiger partial charge in [0.25, 0.3) is 0 Å². The molecule has 5 heteroatoms. The molecule has 0 heterocycles. The van der Waals surface area contributed by atoms with Crippen LogP contribution >= 0.6 is 0 Å². The van der Waals surface area contributed by atoms with Crippen molar-refractivity contribution in [1.82, 2.24) is 0 Å². The molecule has 0 spiro atoms. The van der Waals surface area contributed by atoms with E-state index >= 15 is 0 Å². The predicted molar refractivity (Wildman–Crippen MR) is 58.4 cm³/mol. The van der Waals surface area contributed by atoms with Crippen LogP contribution in [0.5, 0.6) is 0 Å². The van der Waals surface area contributed by atoms with Crippen LogP contribution in [-0.4, -0.2) is 23.3 Å². The maximum Gasteiger partial charge on any atom is 0.412 e. The molecule has 0 saturated carbocycles. The standard InChI is InChI=1S/C11H13NO4/c1-7-5-3-4-6-9(7)12-11(15)16-8(2)10(13)14/h3-6,8H,1-2H3,(H,12,15)(H,13,14). The van der Waals surface area contributed by atoms with Crippen molar-refractivity contribution in [2.75, 3.05) is 5.32 Å². The molecule has 1 aromatic carbocycles. The van der Waals surface area contributed by atoms with E-state index in [4.69, 9.17) is 5.11 Å². The van der Waals surface area contributed by atoms with Gasteiger partial charge in [-0.15, -0.1) is 0 Å². The number of hydrogen-bond donors (Lipinski definition) is 2. The van der Waals surface area contributed by atoms with Crippen LogP contribution in [-0.2, 0) is 9.53 Å². The highest BCUT2D eigenvalue weighted by Crippen LogP contribution is 2.13. The van der Waals surface area contributed by atoms with Crippen LogP contribution in [0.25, 0.3) is 0 Å². The maximum atomic E-state index is 11.3. The molecule has 1 unspecified atom stereocenters.